The third-order valence-corrected chi connectivity index (χ3v) is 8.67. The van der Waals surface area contributed by atoms with E-state index in [4.69, 9.17) is 19.1 Å². The lowest BCUT2D eigenvalue weighted by molar-refractivity contribution is -0.161. The van der Waals surface area contributed by atoms with E-state index in [2.05, 4.69) is 91.3 Å². The normalized spacial score (nSPS) is 15.1. The third kappa shape index (κ3) is 40.4. The van der Waals surface area contributed by atoms with Crippen LogP contribution < -0.4 is 0 Å². The largest absolute Gasteiger partial charge is 0.472 e. The van der Waals surface area contributed by atoms with E-state index in [9.17, 15) is 24.2 Å². The standard InChI is InChI=1S/C46H71O10P/c1-3-5-7-9-11-13-15-17-19-20-21-22-24-26-28-30-32-34-36-38-46(50)56-44(42-55-57(51,52)54-40-43(48)39-47)41-53-45(49)37-35-33-31-29-27-25-23-18-16-14-12-10-8-6-4-2/h5-8,10-14,16-19,21-23,26,28,32,34,43-44,47-48H,3-4,9,15,20,24-25,27,29-31,33,35-42H2,1-2H3,(H,51,52)/b7-5+,8-6+,12-10+,13-11+,16-14+,19-17+,22-21+,23-18+,28-26+,34-32+/t43-,44+/m0/s1. The number of phosphoric acid groups is 1. The topological polar surface area (TPSA) is 149 Å². The zero-order valence-electron chi connectivity index (χ0n) is 34.5. The van der Waals surface area contributed by atoms with Gasteiger partial charge in [-0.15, -0.1) is 0 Å². The Hall–Kier alpha value is -3.63. The lowest BCUT2D eigenvalue weighted by Gasteiger charge is -2.20. The number of aliphatic hydroxyl groups is 2. The molecule has 1 unspecified atom stereocenters. The van der Waals surface area contributed by atoms with Gasteiger partial charge in [0, 0.05) is 12.8 Å². The van der Waals surface area contributed by atoms with Gasteiger partial charge in [-0.2, -0.15) is 0 Å². The maximum atomic E-state index is 12.6. The average Bonchev–Trinajstić information content (AvgIpc) is 3.20. The Labute approximate surface area is 343 Å². The van der Waals surface area contributed by atoms with Gasteiger partial charge >= 0.3 is 19.8 Å². The molecular formula is C46H71O10P. The third-order valence-electron chi connectivity index (χ3n) is 7.72. The summed E-state index contributed by atoms with van der Waals surface area (Å²) in [6.45, 7) is 1.97. The number of allylic oxidation sites excluding steroid dienone is 20. The second kappa shape index (κ2) is 40.6. The number of hydrogen-bond acceptors (Lipinski definition) is 9. The van der Waals surface area contributed by atoms with Gasteiger partial charge in [-0.05, 0) is 70.6 Å². The molecular weight excluding hydrogens is 743 g/mol. The van der Waals surface area contributed by atoms with Crippen molar-refractivity contribution in [2.75, 3.05) is 26.4 Å². The van der Waals surface area contributed by atoms with Crippen LogP contribution >= 0.6 is 7.82 Å². The molecule has 0 aromatic heterocycles. The van der Waals surface area contributed by atoms with Crippen LogP contribution in [0.4, 0.5) is 0 Å². The van der Waals surface area contributed by atoms with Gasteiger partial charge in [0.2, 0.25) is 0 Å². The SMILES string of the molecule is CC/C=C/C=C/C=C/C=C/CCCCCCCC(=O)OC[C@H](COP(=O)(O)OC[C@@H](O)CO)OC(=O)CC/C=C/C/C=C/C/C=C/C/C=C/C/C=C/C/C=C/CC. The Balaban J connectivity index is 4.53. The van der Waals surface area contributed by atoms with Crippen LogP contribution in [0, 0.1) is 0 Å². The Bertz CT molecular complexity index is 1350. The Morgan fingerprint density at radius 1 is 0.544 bits per heavy atom. The van der Waals surface area contributed by atoms with E-state index in [-0.39, 0.29) is 19.4 Å². The highest BCUT2D eigenvalue weighted by Gasteiger charge is 2.27. The van der Waals surface area contributed by atoms with Gasteiger partial charge in [0.05, 0.1) is 19.8 Å². The maximum absolute atomic E-state index is 12.6. The molecule has 0 fully saturated rings. The van der Waals surface area contributed by atoms with Crippen LogP contribution in [-0.2, 0) is 32.7 Å². The van der Waals surface area contributed by atoms with E-state index in [1.165, 1.54) is 0 Å². The first-order chi connectivity index (χ1) is 27.7. The molecule has 0 spiro atoms. The van der Waals surface area contributed by atoms with Gasteiger partial charge in [0.1, 0.15) is 12.7 Å². The number of carbonyl (C=O) groups is 2. The fourth-order valence-corrected chi connectivity index (χ4v) is 5.40. The van der Waals surface area contributed by atoms with Crippen LogP contribution in [0.15, 0.2) is 122 Å². The van der Waals surface area contributed by atoms with Crippen molar-refractivity contribution < 1.29 is 47.8 Å². The van der Waals surface area contributed by atoms with E-state index >= 15 is 0 Å². The maximum Gasteiger partial charge on any atom is 0.472 e. The van der Waals surface area contributed by atoms with Crippen molar-refractivity contribution >= 4 is 19.8 Å². The van der Waals surface area contributed by atoms with E-state index in [1.54, 1.807) is 0 Å². The minimum Gasteiger partial charge on any atom is -0.462 e. The first kappa shape index (κ1) is 53.4. The van der Waals surface area contributed by atoms with Crippen molar-refractivity contribution in [3.8, 4) is 0 Å². The van der Waals surface area contributed by atoms with Crippen LogP contribution in [0.2, 0.25) is 0 Å². The fraction of sp³-hybridized carbons (Fsp3) is 0.522. The summed E-state index contributed by atoms with van der Waals surface area (Å²) in [5, 5.41) is 18.3. The molecule has 57 heavy (non-hydrogen) atoms. The molecule has 0 aromatic carbocycles. The molecule has 11 heteroatoms. The van der Waals surface area contributed by atoms with Crippen LogP contribution in [0.1, 0.15) is 117 Å². The Kier molecular flexibility index (Phi) is 38.0. The van der Waals surface area contributed by atoms with Gasteiger partial charge in [-0.3, -0.25) is 18.6 Å². The summed E-state index contributed by atoms with van der Waals surface area (Å²) in [6, 6.07) is 0. The van der Waals surface area contributed by atoms with Gasteiger partial charge < -0.3 is 24.6 Å². The highest BCUT2D eigenvalue weighted by atomic mass is 31.2. The molecule has 3 atom stereocenters. The summed E-state index contributed by atoms with van der Waals surface area (Å²) >= 11 is 0. The number of hydrogen-bond donors (Lipinski definition) is 3. The number of rotatable bonds is 36. The second-order valence-electron chi connectivity index (χ2n) is 13.0. The molecule has 320 valence electrons. The number of unbranched alkanes of at least 4 members (excludes halogenated alkanes) is 5. The Morgan fingerprint density at radius 3 is 1.61 bits per heavy atom. The Morgan fingerprint density at radius 2 is 1.04 bits per heavy atom. The molecule has 0 aliphatic heterocycles. The summed E-state index contributed by atoms with van der Waals surface area (Å²) in [7, 11) is -4.65. The fourth-order valence-electron chi connectivity index (χ4n) is 4.62. The van der Waals surface area contributed by atoms with Crippen LogP contribution in [0.5, 0.6) is 0 Å². The summed E-state index contributed by atoms with van der Waals surface area (Å²) in [5.41, 5.74) is 0. The molecule has 10 nitrogen and oxygen atoms in total. The van der Waals surface area contributed by atoms with Gasteiger partial charge in [-0.1, -0.05) is 155 Å². The number of aliphatic hydroxyl groups excluding tert-OH is 2. The smallest absolute Gasteiger partial charge is 0.462 e. The van der Waals surface area contributed by atoms with Crippen molar-refractivity contribution in [1.82, 2.24) is 0 Å². The highest BCUT2D eigenvalue weighted by molar-refractivity contribution is 7.47. The molecule has 0 rings (SSSR count). The average molecular weight is 815 g/mol. The van der Waals surface area contributed by atoms with E-state index < -0.39 is 51.8 Å². The molecule has 0 saturated heterocycles. The summed E-state index contributed by atoms with van der Waals surface area (Å²) in [4.78, 5) is 34.9. The molecule has 3 N–H and O–H groups in total. The number of ether oxygens (including phenoxy) is 2. The zero-order valence-corrected chi connectivity index (χ0v) is 35.4. The van der Waals surface area contributed by atoms with Crippen molar-refractivity contribution in [2.45, 2.75) is 129 Å². The number of esters is 2. The monoisotopic (exact) mass is 814 g/mol. The first-order valence-corrected chi connectivity index (χ1v) is 22.0. The minimum absolute atomic E-state index is 0.0450. The molecule has 0 amide bonds. The van der Waals surface area contributed by atoms with E-state index in [1.807, 2.05) is 48.6 Å². The molecule has 0 saturated carbocycles. The van der Waals surface area contributed by atoms with Crippen LogP contribution in [-0.4, -0.2) is 65.7 Å². The van der Waals surface area contributed by atoms with Gasteiger partial charge in [0.15, 0.2) is 6.10 Å². The van der Waals surface area contributed by atoms with E-state index in [0.29, 0.717) is 12.8 Å². The quantitative estimate of drug-likeness (QED) is 0.0183. The summed E-state index contributed by atoms with van der Waals surface area (Å²) < 4.78 is 32.6. The van der Waals surface area contributed by atoms with Crippen molar-refractivity contribution in [3.05, 3.63) is 122 Å². The van der Waals surface area contributed by atoms with Crippen molar-refractivity contribution in [3.63, 3.8) is 0 Å². The predicted octanol–water partition coefficient (Wildman–Crippen LogP) is 10.8. The summed E-state index contributed by atoms with van der Waals surface area (Å²) in [6.07, 6.45) is 51.8. The number of phosphoric ester groups is 1. The van der Waals surface area contributed by atoms with Gasteiger partial charge in [-0.25, -0.2) is 4.57 Å². The predicted molar refractivity (Wildman–Crippen MR) is 232 cm³/mol. The van der Waals surface area contributed by atoms with Gasteiger partial charge in [0.25, 0.3) is 0 Å². The summed E-state index contributed by atoms with van der Waals surface area (Å²) in [5.74, 6) is -1.07. The molecule has 0 aromatic rings. The number of carbonyl (C=O) groups excluding carboxylic acids is 2. The second-order valence-corrected chi connectivity index (χ2v) is 14.4. The van der Waals surface area contributed by atoms with Crippen LogP contribution in [0.3, 0.4) is 0 Å². The van der Waals surface area contributed by atoms with Crippen molar-refractivity contribution in [2.24, 2.45) is 0 Å². The lowest BCUT2D eigenvalue weighted by atomic mass is 10.1. The minimum atomic E-state index is -4.65. The van der Waals surface area contributed by atoms with Crippen LogP contribution in [0.25, 0.3) is 0 Å². The molecule has 0 aliphatic rings. The zero-order chi connectivity index (χ0) is 41.9. The molecule has 0 bridgehead atoms. The van der Waals surface area contributed by atoms with Crippen molar-refractivity contribution in [1.29, 1.82) is 0 Å². The molecule has 0 radical (unpaired) electrons. The highest BCUT2D eigenvalue weighted by Crippen LogP contribution is 2.43. The molecule has 0 aliphatic carbocycles. The first-order valence-electron chi connectivity index (χ1n) is 20.5. The van der Waals surface area contributed by atoms with E-state index in [0.717, 1.165) is 77.0 Å². The molecule has 0 heterocycles. The lowest BCUT2D eigenvalue weighted by Crippen LogP contribution is -2.29.